The Morgan fingerprint density at radius 1 is 1.37 bits per heavy atom. The molecule has 0 radical (unpaired) electrons. The van der Waals surface area contributed by atoms with Gasteiger partial charge >= 0.3 is 0 Å². The standard InChI is InChI=1S/C22H27FO4/c1-12-8-16-15-5-4-13-9-14(25)6-7-21(13,3)22(15,23)18(27)10-20(16,2)19(12)17(26)11-24/h6-7,9,15-16,18-19,24,27H,1,4-5,8,10-11H2,2-3H3/t15-,16-,18?,19+,20-,21-,22-/m0/s1. The SMILES string of the molecule is C=C1C[C@H]2[C@@H]3CCC4=CC(=O)C=C[C@]4(C)[C@@]3(F)C(O)C[C@]2(C)[C@H]1C(=O)CO. The maximum absolute atomic E-state index is 16.8. The quantitative estimate of drug-likeness (QED) is 0.729. The zero-order valence-electron chi connectivity index (χ0n) is 15.9. The van der Waals surface area contributed by atoms with Crippen molar-refractivity contribution in [2.45, 2.75) is 51.3 Å². The summed E-state index contributed by atoms with van der Waals surface area (Å²) in [7, 11) is 0. The predicted molar refractivity (Wildman–Crippen MR) is 98.5 cm³/mol. The number of fused-ring (bicyclic) bond motifs is 5. The van der Waals surface area contributed by atoms with E-state index in [0.29, 0.717) is 19.3 Å². The Morgan fingerprint density at radius 3 is 2.74 bits per heavy atom. The number of aliphatic hydroxyl groups is 2. The summed E-state index contributed by atoms with van der Waals surface area (Å²) >= 11 is 0. The molecule has 0 aromatic rings. The highest BCUT2D eigenvalue weighted by Gasteiger charge is 2.71. The second-order valence-corrected chi connectivity index (χ2v) is 9.27. The lowest BCUT2D eigenvalue weighted by Crippen LogP contribution is -2.66. The Balaban J connectivity index is 1.81. The van der Waals surface area contributed by atoms with Gasteiger partial charge in [0, 0.05) is 17.3 Å². The molecule has 0 heterocycles. The van der Waals surface area contributed by atoms with E-state index in [4.69, 9.17) is 0 Å². The van der Waals surface area contributed by atoms with Gasteiger partial charge in [0.1, 0.15) is 6.61 Å². The van der Waals surface area contributed by atoms with Gasteiger partial charge in [-0.05, 0) is 56.1 Å². The van der Waals surface area contributed by atoms with Gasteiger partial charge < -0.3 is 10.2 Å². The molecule has 0 saturated heterocycles. The van der Waals surface area contributed by atoms with Crippen LogP contribution in [0.2, 0.25) is 0 Å². The number of ketones is 2. The molecule has 4 rings (SSSR count). The van der Waals surface area contributed by atoms with Crippen LogP contribution in [0.4, 0.5) is 4.39 Å². The van der Waals surface area contributed by atoms with Crippen molar-refractivity contribution in [2.75, 3.05) is 6.61 Å². The van der Waals surface area contributed by atoms with E-state index in [-0.39, 0.29) is 23.9 Å². The van der Waals surface area contributed by atoms with E-state index < -0.39 is 41.0 Å². The van der Waals surface area contributed by atoms with Crippen LogP contribution in [0.25, 0.3) is 0 Å². The largest absolute Gasteiger partial charge is 0.390 e. The Kier molecular flexibility index (Phi) is 3.97. The van der Waals surface area contributed by atoms with Crippen LogP contribution >= 0.6 is 0 Å². The average molecular weight is 374 g/mol. The minimum atomic E-state index is -1.89. The number of halogens is 1. The third kappa shape index (κ3) is 2.16. The number of carbonyl (C=O) groups excluding carboxylic acids is 2. The van der Waals surface area contributed by atoms with Gasteiger partial charge in [-0.25, -0.2) is 4.39 Å². The molecule has 5 heteroatoms. The summed E-state index contributed by atoms with van der Waals surface area (Å²) in [6.45, 7) is 7.21. The minimum absolute atomic E-state index is 0.122. The smallest absolute Gasteiger partial charge is 0.178 e. The number of aliphatic hydroxyl groups excluding tert-OH is 2. The maximum Gasteiger partial charge on any atom is 0.178 e. The molecule has 0 bridgehead atoms. The molecule has 0 spiro atoms. The van der Waals surface area contributed by atoms with Crippen molar-refractivity contribution in [3.63, 3.8) is 0 Å². The van der Waals surface area contributed by atoms with Crippen LogP contribution in [0.5, 0.6) is 0 Å². The molecule has 4 aliphatic rings. The predicted octanol–water partition coefficient (Wildman–Crippen LogP) is 2.70. The van der Waals surface area contributed by atoms with E-state index in [1.807, 2.05) is 6.92 Å². The highest BCUT2D eigenvalue weighted by Crippen LogP contribution is 2.69. The molecule has 0 aliphatic heterocycles. The first-order valence-corrected chi connectivity index (χ1v) is 9.72. The second kappa shape index (κ2) is 5.71. The van der Waals surface area contributed by atoms with Gasteiger partial charge in [0.15, 0.2) is 17.2 Å². The van der Waals surface area contributed by atoms with Gasteiger partial charge in [-0.3, -0.25) is 9.59 Å². The van der Waals surface area contributed by atoms with E-state index in [9.17, 15) is 19.8 Å². The van der Waals surface area contributed by atoms with Crippen LogP contribution in [0.3, 0.4) is 0 Å². The fourth-order valence-electron chi connectivity index (χ4n) is 6.86. The van der Waals surface area contributed by atoms with E-state index in [1.165, 1.54) is 12.2 Å². The second-order valence-electron chi connectivity index (χ2n) is 9.27. The van der Waals surface area contributed by atoms with Crippen molar-refractivity contribution in [1.82, 2.24) is 0 Å². The van der Waals surface area contributed by atoms with E-state index in [0.717, 1.165) is 11.1 Å². The fourth-order valence-corrected chi connectivity index (χ4v) is 6.86. The lowest BCUT2D eigenvalue weighted by Gasteiger charge is -2.61. The van der Waals surface area contributed by atoms with Crippen molar-refractivity contribution >= 4 is 11.6 Å². The van der Waals surface area contributed by atoms with Crippen LogP contribution in [0, 0.1) is 28.6 Å². The van der Waals surface area contributed by atoms with Crippen LogP contribution < -0.4 is 0 Å². The van der Waals surface area contributed by atoms with Crippen molar-refractivity contribution in [3.8, 4) is 0 Å². The topological polar surface area (TPSA) is 74.6 Å². The molecule has 2 N–H and O–H groups in total. The molecule has 4 aliphatic carbocycles. The molecule has 27 heavy (non-hydrogen) atoms. The third-order valence-corrected chi connectivity index (χ3v) is 8.10. The fraction of sp³-hybridized carbons (Fsp3) is 0.636. The Bertz CT molecular complexity index is 798. The van der Waals surface area contributed by atoms with Crippen molar-refractivity contribution in [1.29, 1.82) is 0 Å². The molecule has 0 aromatic heterocycles. The van der Waals surface area contributed by atoms with Gasteiger partial charge in [0.2, 0.25) is 0 Å². The number of hydrogen-bond acceptors (Lipinski definition) is 4. The molecule has 7 atom stereocenters. The van der Waals surface area contributed by atoms with Crippen LogP contribution in [0.1, 0.15) is 39.5 Å². The Hall–Kier alpha value is -1.59. The molecule has 0 aromatic carbocycles. The van der Waals surface area contributed by atoms with Crippen molar-refractivity contribution < 1.29 is 24.2 Å². The first kappa shape index (κ1) is 18.8. The van der Waals surface area contributed by atoms with Gasteiger partial charge in [0.05, 0.1) is 6.10 Å². The monoisotopic (exact) mass is 374 g/mol. The molecule has 146 valence electrons. The molecule has 3 saturated carbocycles. The normalized spacial score (nSPS) is 48.6. The molecule has 4 nitrogen and oxygen atoms in total. The van der Waals surface area contributed by atoms with E-state index in [1.54, 1.807) is 13.0 Å². The zero-order valence-corrected chi connectivity index (χ0v) is 15.9. The van der Waals surface area contributed by atoms with Gasteiger partial charge in [-0.2, -0.15) is 0 Å². The van der Waals surface area contributed by atoms with Crippen LogP contribution in [-0.2, 0) is 9.59 Å². The van der Waals surface area contributed by atoms with Gasteiger partial charge in [-0.1, -0.05) is 30.7 Å². The molecule has 3 fully saturated rings. The van der Waals surface area contributed by atoms with Crippen LogP contribution in [-0.4, -0.2) is 40.2 Å². The zero-order chi connectivity index (χ0) is 19.8. The number of rotatable bonds is 2. The highest BCUT2D eigenvalue weighted by atomic mass is 19.1. The Morgan fingerprint density at radius 2 is 2.07 bits per heavy atom. The average Bonchev–Trinajstić information content (AvgIpc) is 2.86. The number of hydrogen-bond donors (Lipinski definition) is 2. The number of alkyl halides is 1. The third-order valence-electron chi connectivity index (χ3n) is 8.10. The number of allylic oxidation sites excluding steroid dienone is 5. The van der Waals surface area contributed by atoms with E-state index in [2.05, 4.69) is 6.58 Å². The summed E-state index contributed by atoms with van der Waals surface area (Å²) in [5.41, 5.74) is -2.04. The first-order chi connectivity index (χ1) is 12.6. The number of Topliss-reactive ketones (excluding diaryl/α,β-unsaturated/α-hetero) is 1. The molecule has 1 unspecified atom stereocenters. The summed E-state index contributed by atoms with van der Waals surface area (Å²) in [6, 6.07) is 0. The Labute approximate surface area is 158 Å². The summed E-state index contributed by atoms with van der Waals surface area (Å²) in [5, 5.41) is 20.5. The van der Waals surface area contributed by atoms with Crippen molar-refractivity contribution in [3.05, 3.63) is 36.0 Å². The van der Waals surface area contributed by atoms with Gasteiger partial charge in [-0.15, -0.1) is 0 Å². The molecular weight excluding hydrogens is 347 g/mol. The summed E-state index contributed by atoms with van der Waals surface area (Å²) < 4.78 is 16.8. The summed E-state index contributed by atoms with van der Waals surface area (Å²) in [6.07, 6.45) is 5.11. The summed E-state index contributed by atoms with van der Waals surface area (Å²) in [4.78, 5) is 24.2. The van der Waals surface area contributed by atoms with Crippen LogP contribution in [0.15, 0.2) is 36.0 Å². The number of carbonyl (C=O) groups is 2. The minimum Gasteiger partial charge on any atom is -0.390 e. The summed E-state index contributed by atoms with van der Waals surface area (Å²) in [5.74, 6) is -1.53. The lowest BCUT2D eigenvalue weighted by molar-refractivity contribution is -0.195. The highest BCUT2D eigenvalue weighted by molar-refractivity contribution is 6.01. The van der Waals surface area contributed by atoms with E-state index >= 15 is 4.39 Å². The molecular formula is C22H27FO4. The molecule has 0 amide bonds. The first-order valence-electron chi connectivity index (χ1n) is 9.72. The van der Waals surface area contributed by atoms with Crippen molar-refractivity contribution in [2.24, 2.45) is 28.6 Å². The van der Waals surface area contributed by atoms with Gasteiger partial charge in [0.25, 0.3) is 0 Å². The maximum atomic E-state index is 16.8. The lowest BCUT2D eigenvalue weighted by atomic mass is 9.45.